The van der Waals surface area contributed by atoms with Gasteiger partial charge in [0.2, 0.25) is 5.82 Å². The first kappa shape index (κ1) is 25.2. The van der Waals surface area contributed by atoms with Crippen molar-refractivity contribution in [2.45, 2.75) is 25.8 Å². The fraction of sp³-hybridized carbons (Fsp3) is 0.393. The molecular weight excluding hydrogens is 478 g/mol. The second kappa shape index (κ2) is 11.3. The zero-order valence-corrected chi connectivity index (χ0v) is 21.5. The second-order valence-electron chi connectivity index (χ2n) is 9.73. The number of nitriles is 1. The smallest absolute Gasteiger partial charge is 0.206 e. The summed E-state index contributed by atoms with van der Waals surface area (Å²) >= 11 is 0. The Balaban J connectivity index is 1.29. The monoisotopic (exact) mass is 509 g/mol. The Morgan fingerprint density at radius 1 is 1.11 bits per heavy atom. The van der Waals surface area contributed by atoms with Crippen molar-refractivity contribution in [1.82, 2.24) is 25.1 Å². The lowest BCUT2D eigenvalue weighted by molar-refractivity contribution is 0.375. The minimum atomic E-state index is 0.107. The molecule has 2 aliphatic rings. The third kappa shape index (κ3) is 5.61. The van der Waals surface area contributed by atoms with Crippen LogP contribution in [0, 0.1) is 29.1 Å². The highest BCUT2D eigenvalue weighted by atomic mass is 16.3. The summed E-state index contributed by atoms with van der Waals surface area (Å²) in [5.74, 6) is 8.24. The van der Waals surface area contributed by atoms with Crippen LogP contribution in [0.25, 0.3) is 11.3 Å². The predicted molar refractivity (Wildman–Crippen MR) is 146 cm³/mol. The van der Waals surface area contributed by atoms with Crippen molar-refractivity contribution in [3.63, 3.8) is 0 Å². The number of likely N-dealkylation sites (tertiary alicyclic amines) is 1. The van der Waals surface area contributed by atoms with Crippen molar-refractivity contribution in [3.8, 4) is 34.9 Å². The molecule has 3 aromatic rings. The van der Waals surface area contributed by atoms with Gasteiger partial charge in [-0.25, -0.2) is 9.97 Å². The van der Waals surface area contributed by atoms with E-state index in [1.807, 2.05) is 24.3 Å². The van der Waals surface area contributed by atoms with Gasteiger partial charge in [0.1, 0.15) is 11.6 Å². The maximum atomic E-state index is 10.3. The first-order valence-corrected chi connectivity index (χ1v) is 12.9. The van der Waals surface area contributed by atoms with Crippen LogP contribution in [0.3, 0.4) is 0 Å². The molecule has 10 nitrogen and oxygen atoms in total. The predicted octanol–water partition coefficient (Wildman–Crippen LogP) is 2.52. The first-order valence-electron chi connectivity index (χ1n) is 12.9. The zero-order chi connectivity index (χ0) is 26.5. The van der Waals surface area contributed by atoms with Gasteiger partial charge in [-0.15, -0.1) is 10.2 Å². The zero-order valence-electron chi connectivity index (χ0n) is 21.5. The van der Waals surface area contributed by atoms with E-state index in [9.17, 15) is 5.11 Å². The maximum absolute atomic E-state index is 10.3. The van der Waals surface area contributed by atoms with Crippen molar-refractivity contribution in [3.05, 3.63) is 48.4 Å². The molecule has 5 rings (SSSR count). The fourth-order valence-electron chi connectivity index (χ4n) is 4.99. The quantitative estimate of drug-likeness (QED) is 0.506. The van der Waals surface area contributed by atoms with E-state index in [4.69, 9.17) is 16.0 Å². The van der Waals surface area contributed by atoms with E-state index >= 15 is 0 Å². The third-order valence-corrected chi connectivity index (χ3v) is 7.17. The third-order valence-electron chi connectivity index (χ3n) is 7.17. The molecule has 2 aromatic heterocycles. The van der Waals surface area contributed by atoms with Crippen LogP contribution in [0.5, 0.6) is 5.75 Å². The van der Waals surface area contributed by atoms with Crippen molar-refractivity contribution in [2.24, 2.45) is 5.92 Å². The number of benzene rings is 1. The van der Waals surface area contributed by atoms with E-state index in [1.54, 1.807) is 18.3 Å². The number of para-hydroxylation sites is 1. The van der Waals surface area contributed by atoms with Crippen molar-refractivity contribution in [1.29, 1.82) is 5.26 Å². The molecule has 0 amide bonds. The standard InChI is InChI=1S/C28H31N9O/c1-20-9-14-36(24-17-23(33-34-28(24)30)22-5-2-3-6-25(22)38)15-16-37(20)27-8-11-31-26(32-27)7-4-12-35-13-10-21(18-29)19-35/h2-3,5-6,8,11,17,20-21,38H,9-10,12-16,19H2,1H3,(H2,30,34)/t20-,21?/m1/s1. The van der Waals surface area contributed by atoms with Crippen LogP contribution < -0.4 is 15.5 Å². The van der Waals surface area contributed by atoms with Crippen molar-refractivity contribution < 1.29 is 5.11 Å². The molecule has 0 spiro atoms. The lowest BCUT2D eigenvalue weighted by Gasteiger charge is -2.28. The van der Waals surface area contributed by atoms with E-state index in [1.165, 1.54) is 0 Å². The molecule has 2 saturated heterocycles. The van der Waals surface area contributed by atoms with Gasteiger partial charge >= 0.3 is 0 Å². The molecule has 194 valence electrons. The largest absolute Gasteiger partial charge is 0.507 e. The van der Waals surface area contributed by atoms with Gasteiger partial charge in [0.15, 0.2) is 5.82 Å². The number of phenolic OH excluding ortho intramolecular Hbond substituents is 1. The van der Waals surface area contributed by atoms with Gasteiger partial charge in [0.25, 0.3) is 0 Å². The van der Waals surface area contributed by atoms with Crippen molar-refractivity contribution in [2.75, 3.05) is 54.8 Å². The molecule has 1 aromatic carbocycles. The average Bonchev–Trinajstić information content (AvgIpc) is 3.31. The van der Waals surface area contributed by atoms with Gasteiger partial charge in [0.05, 0.1) is 29.9 Å². The van der Waals surface area contributed by atoms with E-state index < -0.39 is 0 Å². The van der Waals surface area contributed by atoms with Crippen LogP contribution in [0.15, 0.2) is 42.6 Å². The molecule has 38 heavy (non-hydrogen) atoms. The number of aromatic nitrogens is 4. The summed E-state index contributed by atoms with van der Waals surface area (Å²) in [6.45, 7) is 6.75. The SMILES string of the molecule is C[C@@H]1CCN(c2cc(-c3ccccc3O)nnc2N)CCN1c1ccnc(C#CCN2CCC(C#N)C2)n1. The van der Waals surface area contributed by atoms with Gasteiger partial charge < -0.3 is 20.6 Å². The number of aromatic hydroxyl groups is 1. The lowest BCUT2D eigenvalue weighted by atomic mass is 10.1. The van der Waals surface area contributed by atoms with E-state index in [0.29, 0.717) is 29.4 Å². The maximum Gasteiger partial charge on any atom is 0.206 e. The number of hydrogen-bond acceptors (Lipinski definition) is 10. The van der Waals surface area contributed by atoms with E-state index in [2.05, 4.69) is 54.7 Å². The van der Waals surface area contributed by atoms with Gasteiger partial charge in [0, 0.05) is 50.5 Å². The summed E-state index contributed by atoms with van der Waals surface area (Å²) in [6.07, 6.45) is 3.56. The lowest BCUT2D eigenvalue weighted by Crippen LogP contribution is -2.35. The molecule has 2 fully saturated rings. The Bertz CT molecular complexity index is 1390. The molecule has 1 unspecified atom stereocenters. The number of anilines is 3. The topological polar surface area (TPSA) is 131 Å². The molecule has 0 aliphatic carbocycles. The Morgan fingerprint density at radius 3 is 2.79 bits per heavy atom. The Labute approximate surface area is 222 Å². The Kier molecular flexibility index (Phi) is 7.52. The van der Waals surface area contributed by atoms with Crippen LogP contribution >= 0.6 is 0 Å². The van der Waals surface area contributed by atoms with Gasteiger partial charge in [-0.2, -0.15) is 5.26 Å². The molecule has 0 bridgehead atoms. The summed E-state index contributed by atoms with van der Waals surface area (Å²) in [5.41, 5.74) is 8.26. The fourth-order valence-corrected chi connectivity index (χ4v) is 4.99. The highest BCUT2D eigenvalue weighted by molar-refractivity contribution is 5.74. The summed E-state index contributed by atoms with van der Waals surface area (Å²) in [7, 11) is 0. The van der Waals surface area contributed by atoms with E-state index in [-0.39, 0.29) is 17.7 Å². The Hall–Kier alpha value is -4.41. The normalized spacial score (nSPS) is 19.9. The number of hydrogen-bond donors (Lipinski definition) is 2. The molecule has 10 heteroatoms. The molecule has 2 aliphatic heterocycles. The highest BCUT2D eigenvalue weighted by Crippen LogP contribution is 2.32. The van der Waals surface area contributed by atoms with Gasteiger partial charge in [-0.3, -0.25) is 4.90 Å². The van der Waals surface area contributed by atoms with Gasteiger partial charge in [-0.1, -0.05) is 18.1 Å². The molecule has 4 heterocycles. The first-order chi connectivity index (χ1) is 18.5. The Morgan fingerprint density at radius 2 is 1.97 bits per heavy atom. The number of nitrogen functional groups attached to an aromatic ring is 1. The summed E-state index contributed by atoms with van der Waals surface area (Å²) < 4.78 is 0. The second-order valence-corrected chi connectivity index (χ2v) is 9.73. The summed E-state index contributed by atoms with van der Waals surface area (Å²) in [5, 5.41) is 27.8. The molecule has 2 atom stereocenters. The molecular formula is C28H31N9O. The number of nitrogens with zero attached hydrogens (tertiary/aromatic N) is 8. The van der Waals surface area contributed by atoms with Crippen molar-refractivity contribution >= 4 is 17.3 Å². The van der Waals surface area contributed by atoms with E-state index in [0.717, 1.165) is 57.1 Å². The summed E-state index contributed by atoms with van der Waals surface area (Å²) in [6, 6.07) is 13.5. The molecule has 0 radical (unpaired) electrons. The van der Waals surface area contributed by atoms with Crippen LogP contribution in [-0.2, 0) is 0 Å². The molecule has 3 N–H and O–H groups in total. The number of rotatable bonds is 4. The minimum absolute atomic E-state index is 0.107. The van der Waals surface area contributed by atoms with Crippen LogP contribution in [0.4, 0.5) is 17.3 Å². The van der Waals surface area contributed by atoms with Crippen LogP contribution in [0.1, 0.15) is 25.6 Å². The summed E-state index contributed by atoms with van der Waals surface area (Å²) in [4.78, 5) is 15.8. The average molecular weight is 510 g/mol. The molecule has 0 saturated carbocycles. The van der Waals surface area contributed by atoms with Crippen LogP contribution in [0.2, 0.25) is 0 Å². The number of nitrogens with two attached hydrogens (primary N) is 1. The van der Waals surface area contributed by atoms with Crippen LogP contribution in [-0.4, -0.2) is 75.5 Å². The van der Waals surface area contributed by atoms with Gasteiger partial charge in [-0.05, 0) is 50.0 Å². The minimum Gasteiger partial charge on any atom is -0.507 e. The highest BCUT2D eigenvalue weighted by Gasteiger charge is 2.25. The number of phenols is 1.